The molecule has 0 aromatic rings. The molecule has 0 aromatic heterocycles. The summed E-state index contributed by atoms with van der Waals surface area (Å²) in [6, 6.07) is 0.0222. The number of halogens is 2. The summed E-state index contributed by atoms with van der Waals surface area (Å²) in [5.41, 5.74) is 0. The zero-order valence-electron chi connectivity index (χ0n) is 8.52. The predicted octanol–water partition coefficient (Wildman–Crippen LogP) is 1.90. The Balaban J connectivity index is 3.67. The summed E-state index contributed by atoms with van der Waals surface area (Å²) < 4.78 is 28.9. The molecule has 80 valence electrons. The first-order valence-electron chi connectivity index (χ1n) is 4.67. The molecule has 0 saturated heterocycles. The molecule has 1 N–H and O–H groups in total. The summed E-state index contributed by atoms with van der Waals surface area (Å²) >= 11 is 0. The highest BCUT2D eigenvalue weighted by molar-refractivity contribution is 4.70. The van der Waals surface area contributed by atoms with Gasteiger partial charge in [0.15, 0.2) is 0 Å². The van der Waals surface area contributed by atoms with Gasteiger partial charge in [-0.1, -0.05) is 13.8 Å². The highest BCUT2D eigenvalue weighted by atomic mass is 19.3. The predicted molar refractivity (Wildman–Crippen MR) is 49.1 cm³/mol. The fourth-order valence-corrected chi connectivity index (χ4v) is 0.972. The Bertz CT molecular complexity index is 120. The van der Waals surface area contributed by atoms with Gasteiger partial charge >= 0.3 is 0 Å². The van der Waals surface area contributed by atoms with E-state index < -0.39 is 6.43 Å². The third-order valence-corrected chi connectivity index (χ3v) is 1.84. The average molecular weight is 195 g/mol. The topological polar surface area (TPSA) is 21.3 Å². The summed E-state index contributed by atoms with van der Waals surface area (Å²) in [7, 11) is 0. The standard InChI is InChI=1S/C9H19F2NO/c1-4-13-6-8(7(2)3)12-5-9(10)11/h7-9,12H,4-6H2,1-3H3. The molecule has 0 rings (SSSR count). The Kier molecular flexibility index (Phi) is 7.09. The SMILES string of the molecule is CCOCC(NCC(F)F)C(C)C. The Hall–Kier alpha value is -0.220. The van der Waals surface area contributed by atoms with Gasteiger partial charge in [0.1, 0.15) is 0 Å². The van der Waals surface area contributed by atoms with Crippen LogP contribution in [0.25, 0.3) is 0 Å². The van der Waals surface area contributed by atoms with Crippen LogP contribution in [0.2, 0.25) is 0 Å². The molecule has 0 saturated carbocycles. The van der Waals surface area contributed by atoms with E-state index in [2.05, 4.69) is 5.32 Å². The van der Waals surface area contributed by atoms with E-state index in [1.54, 1.807) is 0 Å². The van der Waals surface area contributed by atoms with Gasteiger partial charge in [0.25, 0.3) is 6.43 Å². The van der Waals surface area contributed by atoms with Crippen LogP contribution in [0.5, 0.6) is 0 Å². The van der Waals surface area contributed by atoms with E-state index in [-0.39, 0.29) is 12.6 Å². The molecule has 0 radical (unpaired) electrons. The molecule has 4 heteroatoms. The highest BCUT2D eigenvalue weighted by Crippen LogP contribution is 2.03. The van der Waals surface area contributed by atoms with Crippen molar-refractivity contribution in [3.63, 3.8) is 0 Å². The van der Waals surface area contributed by atoms with E-state index in [9.17, 15) is 8.78 Å². The molecule has 0 amide bonds. The molecule has 0 spiro atoms. The van der Waals surface area contributed by atoms with Crippen LogP contribution in [-0.2, 0) is 4.74 Å². The molecule has 0 bridgehead atoms. The third-order valence-electron chi connectivity index (χ3n) is 1.84. The van der Waals surface area contributed by atoms with Crippen molar-refractivity contribution < 1.29 is 13.5 Å². The molecule has 0 aromatic carbocycles. The largest absolute Gasteiger partial charge is 0.380 e. The molecule has 0 heterocycles. The summed E-state index contributed by atoms with van der Waals surface area (Å²) in [4.78, 5) is 0. The number of alkyl halides is 2. The van der Waals surface area contributed by atoms with E-state index in [1.165, 1.54) is 0 Å². The van der Waals surface area contributed by atoms with Gasteiger partial charge in [-0.3, -0.25) is 0 Å². The Labute approximate surface area is 78.7 Å². The lowest BCUT2D eigenvalue weighted by atomic mass is 10.1. The Morgan fingerprint density at radius 2 is 1.92 bits per heavy atom. The number of ether oxygens (including phenoxy) is 1. The fraction of sp³-hybridized carbons (Fsp3) is 1.00. The van der Waals surface area contributed by atoms with E-state index in [0.29, 0.717) is 19.1 Å². The van der Waals surface area contributed by atoms with Gasteiger partial charge in [-0.25, -0.2) is 8.78 Å². The fourth-order valence-electron chi connectivity index (χ4n) is 0.972. The minimum atomic E-state index is -2.29. The molecule has 0 aliphatic heterocycles. The van der Waals surface area contributed by atoms with Crippen LogP contribution in [0.15, 0.2) is 0 Å². The number of rotatable bonds is 7. The van der Waals surface area contributed by atoms with Crippen LogP contribution in [0, 0.1) is 5.92 Å². The number of nitrogens with one attached hydrogen (secondary N) is 1. The van der Waals surface area contributed by atoms with Crippen molar-refractivity contribution in [3.8, 4) is 0 Å². The molecule has 1 unspecified atom stereocenters. The third kappa shape index (κ3) is 6.90. The van der Waals surface area contributed by atoms with Crippen LogP contribution in [0.4, 0.5) is 8.78 Å². The van der Waals surface area contributed by atoms with Crippen molar-refractivity contribution in [2.24, 2.45) is 5.92 Å². The Morgan fingerprint density at radius 3 is 2.31 bits per heavy atom. The lowest BCUT2D eigenvalue weighted by Crippen LogP contribution is -2.40. The quantitative estimate of drug-likeness (QED) is 0.670. The zero-order valence-corrected chi connectivity index (χ0v) is 8.52. The van der Waals surface area contributed by atoms with Gasteiger partial charge in [-0.05, 0) is 12.8 Å². The maximum absolute atomic E-state index is 11.9. The first kappa shape index (κ1) is 12.8. The molecule has 0 aliphatic rings. The molecule has 13 heavy (non-hydrogen) atoms. The highest BCUT2D eigenvalue weighted by Gasteiger charge is 2.14. The zero-order chi connectivity index (χ0) is 10.3. The van der Waals surface area contributed by atoms with Crippen LogP contribution in [0.3, 0.4) is 0 Å². The summed E-state index contributed by atoms with van der Waals surface area (Å²) in [5, 5.41) is 2.78. The molecular weight excluding hydrogens is 176 g/mol. The van der Waals surface area contributed by atoms with E-state index in [1.807, 2.05) is 20.8 Å². The monoisotopic (exact) mass is 195 g/mol. The first-order chi connectivity index (χ1) is 6.07. The maximum atomic E-state index is 11.9. The van der Waals surface area contributed by atoms with Gasteiger partial charge in [-0.15, -0.1) is 0 Å². The van der Waals surface area contributed by atoms with Gasteiger partial charge in [0, 0.05) is 12.6 Å². The minimum absolute atomic E-state index is 0.0222. The second kappa shape index (κ2) is 7.21. The van der Waals surface area contributed by atoms with Crippen LogP contribution >= 0.6 is 0 Å². The van der Waals surface area contributed by atoms with Crippen molar-refractivity contribution in [1.82, 2.24) is 5.32 Å². The molecular formula is C9H19F2NO. The van der Waals surface area contributed by atoms with Crippen LogP contribution in [0.1, 0.15) is 20.8 Å². The van der Waals surface area contributed by atoms with E-state index >= 15 is 0 Å². The first-order valence-corrected chi connectivity index (χ1v) is 4.67. The molecule has 1 atom stereocenters. The van der Waals surface area contributed by atoms with Crippen molar-refractivity contribution in [2.75, 3.05) is 19.8 Å². The second-order valence-corrected chi connectivity index (χ2v) is 3.31. The summed E-state index contributed by atoms with van der Waals surface area (Å²) in [5.74, 6) is 0.310. The smallest absolute Gasteiger partial charge is 0.250 e. The van der Waals surface area contributed by atoms with E-state index in [0.717, 1.165) is 0 Å². The normalized spacial score (nSPS) is 14.1. The Morgan fingerprint density at radius 1 is 1.31 bits per heavy atom. The van der Waals surface area contributed by atoms with Crippen LogP contribution < -0.4 is 5.32 Å². The van der Waals surface area contributed by atoms with E-state index in [4.69, 9.17) is 4.74 Å². The van der Waals surface area contributed by atoms with Gasteiger partial charge in [0.05, 0.1) is 13.2 Å². The molecule has 2 nitrogen and oxygen atoms in total. The lowest BCUT2D eigenvalue weighted by Gasteiger charge is -2.21. The van der Waals surface area contributed by atoms with Crippen molar-refractivity contribution in [2.45, 2.75) is 33.2 Å². The molecule has 0 fully saturated rings. The number of hydrogen-bond acceptors (Lipinski definition) is 2. The second-order valence-electron chi connectivity index (χ2n) is 3.31. The van der Waals surface area contributed by atoms with Gasteiger partial charge in [-0.2, -0.15) is 0 Å². The minimum Gasteiger partial charge on any atom is -0.380 e. The summed E-state index contributed by atoms with van der Waals surface area (Å²) in [6.45, 7) is 6.74. The van der Waals surface area contributed by atoms with Crippen molar-refractivity contribution in [1.29, 1.82) is 0 Å². The van der Waals surface area contributed by atoms with Gasteiger partial charge < -0.3 is 10.1 Å². The van der Waals surface area contributed by atoms with Gasteiger partial charge in [0.2, 0.25) is 0 Å². The lowest BCUT2D eigenvalue weighted by molar-refractivity contribution is 0.0904. The number of hydrogen-bond donors (Lipinski definition) is 1. The maximum Gasteiger partial charge on any atom is 0.250 e. The average Bonchev–Trinajstić information content (AvgIpc) is 2.03. The molecule has 0 aliphatic carbocycles. The van der Waals surface area contributed by atoms with Crippen molar-refractivity contribution >= 4 is 0 Å². The van der Waals surface area contributed by atoms with Crippen molar-refractivity contribution in [3.05, 3.63) is 0 Å². The summed E-state index contributed by atoms with van der Waals surface area (Å²) in [6.07, 6.45) is -2.29. The van der Waals surface area contributed by atoms with Crippen LogP contribution in [-0.4, -0.2) is 32.2 Å².